The van der Waals surface area contributed by atoms with Crippen molar-refractivity contribution in [2.75, 3.05) is 26.2 Å². The van der Waals surface area contributed by atoms with Crippen LogP contribution in [0.2, 0.25) is 0 Å². The van der Waals surface area contributed by atoms with Crippen LogP contribution in [0.1, 0.15) is 24.2 Å². The van der Waals surface area contributed by atoms with E-state index >= 15 is 0 Å². The molecule has 0 atom stereocenters. The molecular weight excluding hydrogens is 323 g/mol. The fourth-order valence-electron chi connectivity index (χ4n) is 1.61. The van der Waals surface area contributed by atoms with Gasteiger partial charge in [-0.15, -0.1) is 0 Å². The van der Waals surface area contributed by atoms with Crippen molar-refractivity contribution in [3.8, 4) is 0 Å². The normalized spacial score (nSPS) is 10.6. The monoisotopic (exact) mass is 342 g/mol. The Morgan fingerprint density at radius 2 is 1.94 bits per heavy atom. The summed E-state index contributed by atoms with van der Waals surface area (Å²) in [4.78, 5) is 14.2. The van der Waals surface area contributed by atoms with E-state index in [4.69, 9.17) is 0 Å². The summed E-state index contributed by atoms with van der Waals surface area (Å²) >= 11 is 2.18. The summed E-state index contributed by atoms with van der Waals surface area (Å²) in [6, 6.07) is 7.63. The van der Waals surface area contributed by atoms with Crippen molar-refractivity contribution in [3.63, 3.8) is 0 Å². The van der Waals surface area contributed by atoms with Crippen LogP contribution in [0.5, 0.6) is 0 Å². The van der Waals surface area contributed by atoms with Gasteiger partial charge in [-0.2, -0.15) is 0 Å². The molecule has 1 rings (SSSR count). The predicted octanol–water partition coefficient (Wildman–Crippen LogP) is 2.36. The van der Waals surface area contributed by atoms with Gasteiger partial charge in [0.05, 0.1) is 5.56 Å². The summed E-state index contributed by atoms with van der Waals surface area (Å²) in [7, 11) is 0. The zero-order chi connectivity index (χ0) is 12.7. The van der Waals surface area contributed by atoms with E-state index in [-0.39, 0.29) is 5.91 Å². The number of halogens is 1. The lowest BCUT2D eigenvalue weighted by Crippen LogP contribution is -2.35. The van der Waals surface area contributed by atoms with Gasteiger partial charge in [0.25, 0.3) is 5.91 Å². The fourth-order valence-corrected chi connectivity index (χ4v) is 2.24. The maximum Gasteiger partial charge on any atom is 0.252 e. The van der Waals surface area contributed by atoms with Gasteiger partial charge in [-0.3, -0.25) is 4.79 Å². The Kier molecular flexibility index (Phi) is 6.50. The molecule has 1 N–H and O–H groups in total. The minimum Gasteiger partial charge on any atom is -0.351 e. The Hall–Kier alpha value is -0.620. The van der Waals surface area contributed by atoms with Crippen LogP contribution in [-0.2, 0) is 0 Å². The number of nitrogens with zero attached hydrogens (tertiary/aromatic N) is 1. The number of hydrogen-bond donors (Lipinski definition) is 1. The van der Waals surface area contributed by atoms with Gasteiger partial charge >= 0.3 is 0 Å². The standard InChI is InChI=1S/C13H19IN2O/c1-3-16(4-2)10-9-15-13(17)11-7-5-6-8-12(11)14/h5-8H,3-4,9-10H2,1-2H3,(H,15,17)/i14-4. The molecule has 0 saturated carbocycles. The van der Waals surface area contributed by atoms with Gasteiger partial charge in [0.2, 0.25) is 0 Å². The third-order valence-corrected chi connectivity index (χ3v) is 3.67. The van der Waals surface area contributed by atoms with Gasteiger partial charge in [0.15, 0.2) is 0 Å². The van der Waals surface area contributed by atoms with Crippen molar-refractivity contribution >= 4 is 28.5 Å². The summed E-state index contributed by atoms with van der Waals surface area (Å²) in [5, 5.41) is 2.95. The molecule has 3 nitrogen and oxygen atoms in total. The molecule has 0 radical (unpaired) electrons. The Balaban J connectivity index is 2.43. The molecule has 4 heteroatoms. The Morgan fingerprint density at radius 3 is 2.53 bits per heavy atom. The molecular formula is C13H19IN2O. The molecule has 0 spiro atoms. The van der Waals surface area contributed by atoms with Crippen LogP contribution in [-0.4, -0.2) is 37.0 Å². The molecule has 0 aliphatic heterocycles. The van der Waals surface area contributed by atoms with Crippen LogP contribution in [0.15, 0.2) is 24.3 Å². The minimum atomic E-state index is 0.0159. The van der Waals surface area contributed by atoms with Crippen molar-refractivity contribution in [1.82, 2.24) is 10.2 Å². The molecule has 1 aromatic carbocycles. The van der Waals surface area contributed by atoms with E-state index in [1.807, 2.05) is 24.3 Å². The van der Waals surface area contributed by atoms with Gasteiger partial charge in [-0.25, -0.2) is 0 Å². The third-order valence-electron chi connectivity index (χ3n) is 2.73. The van der Waals surface area contributed by atoms with Crippen LogP contribution >= 0.6 is 22.6 Å². The number of benzene rings is 1. The minimum absolute atomic E-state index is 0.0159. The Morgan fingerprint density at radius 1 is 1.29 bits per heavy atom. The van der Waals surface area contributed by atoms with Gasteiger partial charge in [-0.05, 0) is 47.8 Å². The summed E-state index contributed by atoms with van der Waals surface area (Å²) < 4.78 is 0.991. The Bertz CT molecular complexity index is 364. The number of hydrogen-bond acceptors (Lipinski definition) is 2. The van der Waals surface area contributed by atoms with E-state index in [9.17, 15) is 4.79 Å². The first kappa shape index (κ1) is 14.4. The second-order valence-electron chi connectivity index (χ2n) is 3.76. The van der Waals surface area contributed by atoms with E-state index in [1.165, 1.54) is 0 Å². The maximum atomic E-state index is 11.9. The van der Waals surface area contributed by atoms with Gasteiger partial charge in [0.1, 0.15) is 0 Å². The lowest BCUT2D eigenvalue weighted by atomic mass is 10.2. The average Bonchev–Trinajstić information content (AvgIpc) is 2.35. The van der Waals surface area contributed by atoms with Crippen LogP contribution < -0.4 is 5.32 Å². The molecule has 0 heterocycles. The van der Waals surface area contributed by atoms with Crippen molar-refractivity contribution in [3.05, 3.63) is 33.4 Å². The highest BCUT2D eigenvalue weighted by Gasteiger charge is 2.08. The number of carbonyl (C=O) groups is 1. The maximum absolute atomic E-state index is 11.9. The number of nitrogens with one attached hydrogen (secondary N) is 1. The lowest BCUT2D eigenvalue weighted by molar-refractivity contribution is 0.0948. The summed E-state index contributed by atoms with van der Waals surface area (Å²) in [5.41, 5.74) is 0.757. The van der Waals surface area contributed by atoms with Crippen LogP contribution in [0.25, 0.3) is 0 Å². The molecule has 0 bridgehead atoms. The van der Waals surface area contributed by atoms with Crippen LogP contribution in [0.4, 0.5) is 0 Å². The highest BCUT2D eigenvalue weighted by Crippen LogP contribution is 2.10. The number of likely N-dealkylation sites (N-methyl/N-ethyl adjacent to an activating group) is 1. The van der Waals surface area contributed by atoms with Crippen molar-refractivity contribution in [1.29, 1.82) is 0 Å². The molecule has 0 aliphatic rings. The molecule has 1 amide bonds. The smallest absolute Gasteiger partial charge is 0.252 e. The first-order chi connectivity index (χ1) is 8.19. The lowest BCUT2D eigenvalue weighted by Gasteiger charge is -2.18. The number of rotatable bonds is 6. The van der Waals surface area contributed by atoms with Crippen molar-refractivity contribution < 1.29 is 4.79 Å². The molecule has 0 unspecified atom stereocenters. The van der Waals surface area contributed by atoms with Gasteiger partial charge < -0.3 is 10.2 Å². The zero-order valence-electron chi connectivity index (χ0n) is 10.4. The summed E-state index contributed by atoms with van der Waals surface area (Å²) in [6.45, 7) is 7.91. The number of amides is 1. The van der Waals surface area contributed by atoms with Crippen LogP contribution in [0.3, 0.4) is 0 Å². The molecule has 17 heavy (non-hydrogen) atoms. The van der Waals surface area contributed by atoms with E-state index in [2.05, 4.69) is 46.7 Å². The van der Waals surface area contributed by atoms with Gasteiger partial charge in [0, 0.05) is 16.7 Å². The average molecular weight is 342 g/mol. The van der Waals surface area contributed by atoms with Gasteiger partial charge in [-0.1, -0.05) is 26.0 Å². The molecule has 0 aliphatic carbocycles. The van der Waals surface area contributed by atoms with Crippen LogP contribution in [0, 0.1) is 3.57 Å². The van der Waals surface area contributed by atoms with E-state index < -0.39 is 0 Å². The molecule has 94 valence electrons. The summed E-state index contributed by atoms with van der Waals surface area (Å²) in [5.74, 6) is 0.0159. The molecule has 0 saturated heterocycles. The SMILES string of the molecule is CCN(CC)CCNC(=O)c1ccccc1[123I]. The third kappa shape index (κ3) is 4.63. The molecule has 0 fully saturated rings. The van der Waals surface area contributed by atoms with E-state index in [0.29, 0.717) is 6.54 Å². The quantitative estimate of drug-likeness (QED) is 0.805. The largest absolute Gasteiger partial charge is 0.351 e. The molecule has 1 aromatic rings. The van der Waals surface area contributed by atoms with Crippen molar-refractivity contribution in [2.45, 2.75) is 13.8 Å². The highest BCUT2D eigenvalue weighted by atomic mass is 123. The second-order valence-corrected chi connectivity index (χ2v) is 4.92. The summed E-state index contributed by atoms with van der Waals surface area (Å²) in [6.07, 6.45) is 0. The predicted molar refractivity (Wildman–Crippen MR) is 79.3 cm³/mol. The van der Waals surface area contributed by atoms with E-state index in [0.717, 1.165) is 28.8 Å². The molecule has 0 aromatic heterocycles. The highest BCUT2D eigenvalue weighted by molar-refractivity contribution is 14.1. The van der Waals surface area contributed by atoms with Crippen molar-refractivity contribution in [2.24, 2.45) is 0 Å². The van der Waals surface area contributed by atoms with E-state index in [1.54, 1.807) is 0 Å². The number of carbonyl (C=O) groups excluding carboxylic acids is 1. The fraction of sp³-hybridized carbons (Fsp3) is 0.462. The first-order valence-corrected chi connectivity index (χ1v) is 7.02. The zero-order valence-corrected chi connectivity index (χ0v) is 12.5. The Labute approximate surface area is 117 Å². The second kappa shape index (κ2) is 7.66. The first-order valence-electron chi connectivity index (χ1n) is 5.94. The topological polar surface area (TPSA) is 32.3 Å².